The SMILES string of the molecule is CCCCC/C=C\C/C=C\C/C=C\C/C=C\CCCCCC(=O)NC(COP(=O)(O)OCC[N+](C)(C)C)C(/C=C/CCCCCCCCCCCC)OC(=O)CCC/C=C\C/C=C\C/C=C\C/C=C\CCCCC. The van der Waals surface area contributed by atoms with Crippen molar-refractivity contribution >= 4 is 19.7 Å². The number of rotatable bonds is 52. The first-order chi connectivity index (χ1) is 35.9. The third-order valence-electron chi connectivity index (χ3n) is 12.4. The summed E-state index contributed by atoms with van der Waals surface area (Å²) in [5.74, 6) is -0.614. The Morgan fingerprint density at radius 2 is 0.838 bits per heavy atom. The van der Waals surface area contributed by atoms with Crippen molar-refractivity contribution in [2.75, 3.05) is 40.9 Å². The third kappa shape index (κ3) is 53.5. The van der Waals surface area contributed by atoms with E-state index in [1.165, 1.54) is 103 Å². The predicted octanol–water partition coefficient (Wildman–Crippen LogP) is 18.2. The van der Waals surface area contributed by atoms with Crippen molar-refractivity contribution in [1.82, 2.24) is 5.32 Å². The van der Waals surface area contributed by atoms with Gasteiger partial charge in [0.25, 0.3) is 0 Å². The Balaban J connectivity index is 5.48. The van der Waals surface area contributed by atoms with Crippen LogP contribution >= 0.6 is 7.82 Å². The highest BCUT2D eigenvalue weighted by molar-refractivity contribution is 7.47. The number of carbonyl (C=O) groups is 2. The van der Waals surface area contributed by atoms with Crippen LogP contribution in [-0.4, -0.2) is 74.3 Å². The molecular formula is C64H112N2O7P+. The number of hydrogen-bond donors (Lipinski definition) is 2. The molecule has 0 aromatic carbocycles. The van der Waals surface area contributed by atoms with Gasteiger partial charge in [0, 0.05) is 12.8 Å². The van der Waals surface area contributed by atoms with Gasteiger partial charge < -0.3 is 19.4 Å². The molecule has 3 unspecified atom stereocenters. The second kappa shape index (κ2) is 53.1. The Bertz CT molecular complexity index is 1640. The minimum Gasteiger partial charge on any atom is -0.456 e. The molecule has 0 aliphatic rings. The molecule has 0 saturated carbocycles. The molecule has 0 aromatic rings. The van der Waals surface area contributed by atoms with Gasteiger partial charge in [-0.2, -0.15) is 0 Å². The van der Waals surface area contributed by atoms with Crippen LogP contribution in [0.4, 0.5) is 0 Å². The lowest BCUT2D eigenvalue weighted by Gasteiger charge is -2.27. The maximum Gasteiger partial charge on any atom is 0.472 e. The molecule has 9 nitrogen and oxygen atoms in total. The number of carbonyl (C=O) groups excluding carboxylic acids is 2. The molecule has 3 atom stereocenters. The zero-order valence-electron chi connectivity index (χ0n) is 48.3. The number of unbranched alkanes of at least 4 members (excludes halogenated alkanes) is 20. The smallest absolute Gasteiger partial charge is 0.456 e. The van der Waals surface area contributed by atoms with E-state index in [9.17, 15) is 19.0 Å². The van der Waals surface area contributed by atoms with Crippen molar-refractivity contribution in [3.8, 4) is 0 Å². The van der Waals surface area contributed by atoms with Crippen LogP contribution < -0.4 is 5.32 Å². The van der Waals surface area contributed by atoms with Gasteiger partial charge in [-0.05, 0) is 115 Å². The molecule has 74 heavy (non-hydrogen) atoms. The molecule has 0 spiro atoms. The zero-order valence-corrected chi connectivity index (χ0v) is 49.2. The summed E-state index contributed by atoms with van der Waals surface area (Å²) in [7, 11) is 1.43. The number of nitrogens with one attached hydrogen (secondary N) is 1. The molecule has 0 heterocycles. The number of hydrogen-bond acceptors (Lipinski definition) is 6. The average molecular weight is 1050 g/mol. The van der Waals surface area contributed by atoms with Crippen LogP contribution in [0.25, 0.3) is 0 Å². The molecule has 2 N–H and O–H groups in total. The fraction of sp³-hybridized carbons (Fsp3) is 0.688. The Morgan fingerprint density at radius 1 is 0.473 bits per heavy atom. The summed E-state index contributed by atoms with van der Waals surface area (Å²) in [6.45, 7) is 6.87. The van der Waals surface area contributed by atoms with Crippen LogP contribution in [0.15, 0.2) is 109 Å². The number of amides is 1. The van der Waals surface area contributed by atoms with E-state index in [4.69, 9.17) is 13.8 Å². The van der Waals surface area contributed by atoms with Gasteiger partial charge in [0.2, 0.25) is 5.91 Å². The van der Waals surface area contributed by atoms with E-state index in [1.54, 1.807) is 0 Å². The van der Waals surface area contributed by atoms with E-state index in [1.807, 2.05) is 33.3 Å². The number of allylic oxidation sites excluding steroid dienone is 17. The normalized spacial score (nSPS) is 14.5. The minimum atomic E-state index is -4.47. The summed E-state index contributed by atoms with van der Waals surface area (Å²) in [6, 6.07) is -0.893. The molecule has 0 aliphatic carbocycles. The van der Waals surface area contributed by atoms with Gasteiger partial charge in [0.15, 0.2) is 0 Å². The Labute approximate surface area is 455 Å². The van der Waals surface area contributed by atoms with Crippen molar-refractivity contribution in [2.24, 2.45) is 0 Å². The lowest BCUT2D eigenvalue weighted by atomic mass is 10.1. The Morgan fingerprint density at radius 3 is 1.28 bits per heavy atom. The number of ether oxygens (including phenoxy) is 1. The highest BCUT2D eigenvalue weighted by atomic mass is 31.2. The van der Waals surface area contributed by atoms with E-state index < -0.39 is 25.9 Å². The maximum atomic E-state index is 13.5. The van der Waals surface area contributed by atoms with Crippen molar-refractivity contribution in [1.29, 1.82) is 0 Å². The summed E-state index contributed by atoms with van der Waals surface area (Å²) in [5, 5.41) is 3.02. The first-order valence-corrected chi connectivity index (χ1v) is 31.2. The van der Waals surface area contributed by atoms with Crippen molar-refractivity contribution in [3.63, 3.8) is 0 Å². The summed E-state index contributed by atoms with van der Waals surface area (Å²) in [4.78, 5) is 37.6. The second-order valence-electron chi connectivity index (χ2n) is 20.8. The van der Waals surface area contributed by atoms with Gasteiger partial charge in [-0.3, -0.25) is 18.6 Å². The summed E-state index contributed by atoms with van der Waals surface area (Å²) in [5.41, 5.74) is 0. The number of phosphoric ester groups is 1. The standard InChI is InChI=1S/C64H111N2O7P/c1-7-10-13-16-19-22-25-28-30-32-33-35-36-38-41-44-47-50-53-56-63(67)65-61(60-72-74(69,70)71-59-58-66(4,5)6)62(55-52-49-46-43-40-27-24-21-18-15-12-9-3)73-64(68)57-54-51-48-45-42-39-37-34-31-29-26-23-20-17-14-11-8-2/h19-20,22-23,28-31,33,35,37-39,41,45,48,52,55,61-62H,7-18,21,24-27,32,34,36,40,42-44,46-47,49-51,53-54,56-60H2,1-6H3,(H-,65,67,69,70)/p+1/b22-19-,23-20-,30-28-,31-29-,35-33-,39-37-,41-38-,48-45-,55-52+. The number of likely N-dealkylation sites (N-methyl/N-ethyl adjacent to an activating group) is 1. The van der Waals surface area contributed by atoms with E-state index >= 15 is 0 Å². The van der Waals surface area contributed by atoms with Crippen LogP contribution in [-0.2, 0) is 27.9 Å². The third-order valence-corrected chi connectivity index (χ3v) is 13.4. The average Bonchev–Trinajstić information content (AvgIpc) is 3.36. The Hall–Kier alpha value is -3.33. The maximum absolute atomic E-state index is 13.5. The number of quaternary nitrogens is 1. The fourth-order valence-corrected chi connectivity index (χ4v) is 8.53. The van der Waals surface area contributed by atoms with E-state index in [2.05, 4.69) is 123 Å². The van der Waals surface area contributed by atoms with Crippen LogP contribution in [0.2, 0.25) is 0 Å². The van der Waals surface area contributed by atoms with Crippen LogP contribution in [0.1, 0.15) is 233 Å². The van der Waals surface area contributed by atoms with E-state index in [0.29, 0.717) is 23.9 Å². The summed E-state index contributed by atoms with van der Waals surface area (Å²) in [6.07, 6.45) is 72.3. The molecule has 1 amide bonds. The molecule has 0 saturated heterocycles. The van der Waals surface area contributed by atoms with Gasteiger partial charge in [0.05, 0.1) is 33.8 Å². The second-order valence-corrected chi connectivity index (χ2v) is 22.3. The zero-order chi connectivity index (χ0) is 54.3. The molecule has 0 bridgehead atoms. The van der Waals surface area contributed by atoms with Crippen molar-refractivity contribution in [2.45, 2.75) is 245 Å². The van der Waals surface area contributed by atoms with Crippen molar-refractivity contribution < 1.29 is 37.3 Å². The molecule has 424 valence electrons. The molecule has 10 heteroatoms. The Kier molecular flexibility index (Phi) is 50.7. The highest BCUT2D eigenvalue weighted by Crippen LogP contribution is 2.43. The van der Waals surface area contributed by atoms with E-state index in [-0.39, 0.29) is 32.0 Å². The number of nitrogens with zero attached hydrogens (tertiary/aromatic N) is 1. The highest BCUT2D eigenvalue weighted by Gasteiger charge is 2.30. The van der Waals surface area contributed by atoms with Gasteiger partial charge >= 0.3 is 13.8 Å². The first kappa shape index (κ1) is 70.7. The lowest BCUT2D eigenvalue weighted by Crippen LogP contribution is -2.47. The lowest BCUT2D eigenvalue weighted by molar-refractivity contribution is -0.870. The van der Waals surface area contributed by atoms with E-state index in [0.717, 1.165) is 83.5 Å². The summed E-state index contributed by atoms with van der Waals surface area (Å²) < 4.78 is 30.6. The minimum absolute atomic E-state index is 0.0198. The molecule has 0 aliphatic heterocycles. The van der Waals surface area contributed by atoms with Gasteiger partial charge in [0.1, 0.15) is 19.3 Å². The van der Waals surface area contributed by atoms with Crippen LogP contribution in [0, 0.1) is 0 Å². The van der Waals surface area contributed by atoms with Gasteiger partial charge in [-0.15, -0.1) is 0 Å². The molecular weight excluding hydrogens is 940 g/mol. The number of esters is 1. The first-order valence-electron chi connectivity index (χ1n) is 29.7. The molecule has 0 rings (SSSR count). The monoisotopic (exact) mass is 1050 g/mol. The van der Waals surface area contributed by atoms with Gasteiger partial charge in [-0.1, -0.05) is 214 Å². The topological polar surface area (TPSA) is 111 Å². The fourth-order valence-electron chi connectivity index (χ4n) is 7.80. The van der Waals surface area contributed by atoms with Crippen LogP contribution in [0.3, 0.4) is 0 Å². The summed E-state index contributed by atoms with van der Waals surface area (Å²) >= 11 is 0. The van der Waals surface area contributed by atoms with Crippen LogP contribution in [0.5, 0.6) is 0 Å². The van der Waals surface area contributed by atoms with Crippen molar-refractivity contribution in [3.05, 3.63) is 109 Å². The number of phosphoric acid groups is 1. The molecule has 0 radical (unpaired) electrons. The van der Waals surface area contributed by atoms with Gasteiger partial charge in [-0.25, -0.2) is 4.57 Å². The molecule has 0 aromatic heterocycles. The largest absolute Gasteiger partial charge is 0.472 e. The molecule has 0 fully saturated rings. The predicted molar refractivity (Wildman–Crippen MR) is 318 cm³/mol. The quantitative estimate of drug-likeness (QED) is 0.0205.